The predicted molar refractivity (Wildman–Crippen MR) is 108 cm³/mol. The maximum Gasteiger partial charge on any atom is 0.221 e. The van der Waals surface area contributed by atoms with Crippen molar-refractivity contribution in [2.24, 2.45) is 4.99 Å². The minimum absolute atomic E-state index is 0. The lowest BCUT2D eigenvalue weighted by atomic mass is 10.2. The van der Waals surface area contributed by atoms with Gasteiger partial charge in [0.25, 0.3) is 0 Å². The van der Waals surface area contributed by atoms with E-state index in [2.05, 4.69) is 15.6 Å². The number of carbonyl (C=O) groups is 1. The van der Waals surface area contributed by atoms with Crippen LogP contribution in [0.25, 0.3) is 0 Å². The van der Waals surface area contributed by atoms with E-state index in [0.29, 0.717) is 19.5 Å². The Labute approximate surface area is 160 Å². The van der Waals surface area contributed by atoms with Crippen molar-refractivity contribution < 1.29 is 4.79 Å². The Morgan fingerprint density at radius 1 is 1.35 bits per heavy atom. The molecule has 5 nitrogen and oxygen atoms in total. The Hall–Kier alpha value is -1.02. The second kappa shape index (κ2) is 11.5. The van der Waals surface area contributed by atoms with Gasteiger partial charge in [0, 0.05) is 44.7 Å². The third-order valence-corrected chi connectivity index (χ3v) is 3.39. The van der Waals surface area contributed by atoms with Crippen molar-refractivity contribution in [1.29, 1.82) is 0 Å². The number of hydrogen-bond acceptors (Lipinski definition) is 2. The number of rotatable bonds is 6. The number of halogens is 2. The topological polar surface area (TPSA) is 56.7 Å². The number of carbonyl (C=O) groups excluding carboxylic acids is 1. The van der Waals surface area contributed by atoms with E-state index in [1.165, 1.54) is 0 Å². The number of aliphatic imine (C=N–C) groups is 1. The van der Waals surface area contributed by atoms with Gasteiger partial charge in [-0.2, -0.15) is 0 Å². The number of hydrogen-bond donors (Lipinski definition) is 2. The fourth-order valence-electron chi connectivity index (χ4n) is 2.02. The average Bonchev–Trinajstić information content (AvgIpc) is 2.45. The molecule has 1 aromatic carbocycles. The van der Waals surface area contributed by atoms with Crippen LogP contribution in [0.2, 0.25) is 5.02 Å². The van der Waals surface area contributed by atoms with E-state index in [4.69, 9.17) is 11.6 Å². The zero-order valence-corrected chi connectivity index (χ0v) is 17.2. The highest BCUT2D eigenvalue weighted by molar-refractivity contribution is 14.0. The lowest BCUT2D eigenvalue weighted by molar-refractivity contribution is -0.121. The molecule has 0 spiro atoms. The summed E-state index contributed by atoms with van der Waals surface area (Å²) >= 11 is 6.17. The second-order valence-electron chi connectivity index (χ2n) is 5.39. The van der Waals surface area contributed by atoms with Crippen LogP contribution >= 0.6 is 35.6 Å². The lowest BCUT2D eigenvalue weighted by Crippen LogP contribution is -2.40. The molecule has 7 heteroatoms. The molecule has 0 aliphatic heterocycles. The van der Waals surface area contributed by atoms with Gasteiger partial charge >= 0.3 is 0 Å². The largest absolute Gasteiger partial charge is 0.356 e. The first kappa shape index (κ1) is 22.0. The molecule has 0 unspecified atom stereocenters. The van der Waals surface area contributed by atoms with Crippen LogP contribution in [-0.2, 0) is 11.3 Å². The van der Waals surface area contributed by atoms with E-state index < -0.39 is 0 Å². The van der Waals surface area contributed by atoms with Crippen molar-refractivity contribution >= 4 is 47.4 Å². The van der Waals surface area contributed by atoms with Crippen LogP contribution in [-0.4, -0.2) is 43.4 Å². The van der Waals surface area contributed by atoms with Gasteiger partial charge in [-0.3, -0.25) is 9.79 Å². The molecule has 0 aliphatic rings. The van der Waals surface area contributed by atoms with Crippen molar-refractivity contribution in [2.75, 3.05) is 20.6 Å². The lowest BCUT2D eigenvalue weighted by Gasteiger charge is -2.22. The summed E-state index contributed by atoms with van der Waals surface area (Å²) in [5, 5.41) is 6.78. The number of nitrogens with one attached hydrogen (secondary N) is 2. The van der Waals surface area contributed by atoms with Crippen LogP contribution in [0.3, 0.4) is 0 Å². The SMILES string of the molecule is CN=C(NCCC(=O)NC(C)C)N(C)Cc1ccccc1Cl.I. The molecule has 1 aromatic rings. The Bertz CT molecular complexity index is 523. The van der Waals surface area contributed by atoms with Gasteiger partial charge in [0.05, 0.1) is 0 Å². The summed E-state index contributed by atoms with van der Waals surface area (Å²) in [4.78, 5) is 17.8. The zero-order chi connectivity index (χ0) is 16.5. The Balaban J connectivity index is 0.00000484. The molecule has 0 radical (unpaired) electrons. The van der Waals surface area contributed by atoms with Crippen LogP contribution in [0.1, 0.15) is 25.8 Å². The van der Waals surface area contributed by atoms with Gasteiger partial charge in [-0.15, -0.1) is 24.0 Å². The first-order valence-corrected chi connectivity index (χ1v) is 7.76. The monoisotopic (exact) mass is 452 g/mol. The van der Waals surface area contributed by atoms with E-state index in [9.17, 15) is 4.79 Å². The molecule has 0 aliphatic carbocycles. The van der Waals surface area contributed by atoms with Crippen LogP contribution in [0, 0.1) is 0 Å². The highest BCUT2D eigenvalue weighted by atomic mass is 127. The maximum atomic E-state index is 11.6. The minimum Gasteiger partial charge on any atom is -0.356 e. The number of amides is 1. The second-order valence-corrected chi connectivity index (χ2v) is 5.80. The summed E-state index contributed by atoms with van der Waals surface area (Å²) in [7, 11) is 3.66. The quantitative estimate of drug-likeness (QED) is 0.396. The summed E-state index contributed by atoms with van der Waals surface area (Å²) in [6, 6.07) is 7.89. The number of nitrogens with zero attached hydrogens (tertiary/aromatic N) is 2. The molecule has 1 amide bonds. The maximum absolute atomic E-state index is 11.6. The Kier molecular flexibility index (Phi) is 11.0. The summed E-state index contributed by atoms with van der Waals surface area (Å²) < 4.78 is 0. The summed E-state index contributed by atoms with van der Waals surface area (Å²) in [6.45, 7) is 5.08. The van der Waals surface area contributed by atoms with Gasteiger partial charge < -0.3 is 15.5 Å². The van der Waals surface area contributed by atoms with Crippen molar-refractivity contribution in [3.05, 3.63) is 34.9 Å². The van der Waals surface area contributed by atoms with Gasteiger partial charge in [-0.25, -0.2) is 0 Å². The van der Waals surface area contributed by atoms with Gasteiger partial charge in [0.15, 0.2) is 5.96 Å². The first-order chi connectivity index (χ1) is 10.4. The number of benzene rings is 1. The molecular formula is C16H26ClIN4O. The van der Waals surface area contributed by atoms with E-state index in [1.807, 2.05) is 50.1 Å². The normalized spacial score (nSPS) is 11.0. The van der Waals surface area contributed by atoms with Crippen molar-refractivity contribution in [1.82, 2.24) is 15.5 Å². The summed E-state index contributed by atoms with van der Waals surface area (Å²) in [5.74, 6) is 0.768. The van der Waals surface area contributed by atoms with E-state index >= 15 is 0 Å². The van der Waals surface area contributed by atoms with Crippen LogP contribution in [0.15, 0.2) is 29.3 Å². The molecule has 2 N–H and O–H groups in total. The van der Waals surface area contributed by atoms with E-state index in [1.54, 1.807) is 7.05 Å². The van der Waals surface area contributed by atoms with E-state index in [-0.39, 0.29) is 35.9 Å². The number of guanidine groups is 1. The molecule has 0 atom stereocenters. The third-order valence-electron chi connectivity index (χ3n) is 3.02. The molecule has 23 heavy (non-hydrogen) atoms. The van der Waals surface area contributed by atoms with Gasteiger partial charge in [0.1, 0.15) is 0 Å². The predicted octanol–water partition coefficient (Wildman–Crippen LogP) is 2.88. The van der Waals surface area contributed by atoms with Crippen LogP contribution < -0.4 is 10.6 Å². The first-order valence-electron chi connectivity index (χ1n) is 7.38. The Morgan fingerprint density at radius 2 is 2.00 bits per heavy atom. The fraction of sp³-hybridized carbons (Fsp3) is 0.500. The molecular weight excluding hydrogens is 427 g/mol. The standard InChI is InChI=1S/C16H25ClN4O.HI/c1-12(2)20-15(22)9-10-19-16(18-3)21(4)11-13-7-5-6-8-14(13)17;/h5-8,12H,9-11H2,1-4H3,(H,18,19)(H,20,22);1H. The van der Waals surface area contributed by atoms with Crippen molar-refractivity contribution in [2.45, 2.75) is 32.9 Å². The van der Waals surface area contributed by atoms with Crippen molar-refractivity contribution in [3.63, 3.8) is 0 Å². The Morgan fingerprint density at radius 3 is 2.57 bits per heavy atom. The van der Waals surface area contributed by atoms with E-state index in [0.717, 1.165) is 16.5 Å². The molecule has 0 saturated carbocycles. The highest BCUT2D eigenvalue weighted by Crippen LogP contribution is 2.16. The molecule has 1 rings (SSSR count). The van der Waals surface area contributed by atoms with Crippen LogP contribution in [0.5, 0.6) is 0 Å². The summed E-state index contributed by atoms with van der Waals surface area (Å²) in [6.07, 6.45) is 0.414. The van der Waals surface area contributed by atoms with Gasteiger partial charge in [0.2, 0.25) is 5.91 Å². The molecule has 0 bridgehead atoms. The molecule has 0 fully saturated rings. The smallest absolute Gasteiger partial charge is 0.221 e. The minimum atomic E-state index is 0. The van der Waals surface area contributed by atoms with Gasteiger partial charge in [-0.05, 0) is 25.5 Å². The molecule has 0 heterocycles. The molecule has 0 saturated heterocycles. The zero-order valence-electron chi connectivity index (χ0n) is 14.1. The fourth-order valence-corrected chi connectivity index (χ4v) is 2.22. The van der Waals surface area contributed by atoms with Crippen molar-refractivity contribution in [3.8, 4) is 0 Å². The highest BCUT2D eigenvalue weighted by Gasteiger charge is 2.09. The summed E-state index contributed by atoms with van der Waals surface area (Å²) in [5.41, 5.74) is 1.03. The molecule has 130 valence electrons. The molecule has 0 aromatic heterocycles. The van der Waals surface area contributed by atoms with Crippen LogP contribution in [0.4, 0.5) is 0 Å². The average molecular weight is 453 g/mol. The van der Waals surface area contributed by atoms with Gasteiger partial charge in [-0.1, -0.05) is 29.8 Å². The third kappa shape index (κ3) is 8.41.